The van der Waals surface area contributed by atoms with E-state index in [1.807, 2.05) is 30.3 Å². The molecule has 1 aromatic carbocycles. The highest BCUT2D eigenvalue weighted by atomic mass is 16.3. The molecule has 3 heteroatoms. The van der Waals surface area contributed by atoms with E-state index >= 15 is 0 Å². The first kappa shape index (κ1) is 15.2. The van der Waals surface area contributed by atoms with Gasteiger partial charge in [0.25, 0.3) is 0 Å². The van der Waals surface area contributed by atoms with Crippen LogP contribution < -0.4 is 0 Å². The van der Waals surface area contributed by atoms with Crippen LogP contribution in [0.1, 0.15) is 42.5 Å². The van der Waals surface area contributed by atoms with Gasteiger partial charge >= 0.3 is 0 Å². The molecule has 110 valence electrons. The highest BCUT2D eigenvalue weighted by Crippen LogP contribution is 2.19. The van der Waals surface area contributed by atoms with E-state index in [1.54, 1.807) is 0 Å². The molecule has 1 saturated heterocycles. The van der Waals surface area contributed by atoms with Crippen LogP contribution >= 0.6 is 0 Å². The van der Waals surface area contributed by atoms with Gasteiger partial charge in [-0.3, -0.25) is 4.79 Å². The molecule has 1 unspecified atom stereocenters. The molecule has 0 bridgehead atoms. The Morgan fingerprint density at radius 3 is 2.85 bits per heavy atom. The Labute approximate surface area is 121 Å². The number of carbonyl (C=O) groups is 1. The molecule has 3 nitrogen and oxygen atoms in total. The van der Waals surface area contributed by atoms with Gasteiger partial charge in [0, 0.05) is 25.1 Å². The van der Waals surface area contributed by atoms with Crippen molar-refractivity contribution in [3.63, 3.8) is 0 Å². The van der Waals surface area contributed by atoms with Crippen molar-refractivity contribution in [2.75, 3.05) is 26.2 Å². The van der Waals surface area contributed by atoms with Crippen LogP contribution in [0.2, 0.25) is 0 Å². The maximum Gasteiger partial charge on any atom is 0.162 e. The molecular weight excluding hydrogens is 250 g/mol. The third-order valence-electron chi connectivity index (χ3n) is 4.11. The second-order valence-corrected chi connectivity index (χ2v) is 5.71. The van der Waals surface area contributed by atoms with Crippen LogP contribution in [0.4, 0.5) is 0 Å². The van der Waals surface area contributed by atoms with Crippen molar-refractivity contribution in [3.05, 3.63) is 35.9 Å². The van der Waals surface area contributed by atoms with Gasteiger partial charge in [0.2, 0.25) is 0 Å². The number of benzene rings is 1. The lowest BCUT2D eigenvalue weighted by Crippen LogP contribution is -2.36. The number of nitrogens with zero attached hydrogens (tertiary/aromatic N) is 1. The zero-order valence-electron chi connectivity index (χ0n) is 12.1. The van der Waals surface area contributed by atoms with Crippen molar-refractivity contribution in [3.8, 4) is 0 Å². The van der Waals surface area contributed by atoms with Crippen LogP contribution in [0.3, 0.4) is 0 Å². The van der Waals surface area contributed by atoms with Gasteiger partial charge in [-0.1, -0.05) is 30.3 Å². The van der Waals surface area contributed by atoms with E-state index in [1.165, 1.54) is 12.8 Å². The van der Waals surface area contributed by atoms with Crippen LogP contribution in [-0.4, -0.2) is 42.0 Å². The molecule has 0 aromatic heterocycles. The van der Waals surface area contributed by atoms with Crippen LogP contribution in [-0.2, 0) is 0 Å². The molecule has 1 N–H and O–H groups in total. The standard InChI is InChI=1S/C17H25NO2/c19-13-10-15-6-4-11-18(14-15)12-5-9-17(20)16-7-2-1-3-8-16/h1-3,7-8,15,19H,4-6,9-14H2. The molecule has 1 aliphatic heterocycles. The molecule has 2 rings (SSSR count). The minimum atomic E-state index is 0.245. The van der Waals surface area contributed by atoms with E-state index in [4.69, 9.17) is 5.11 Å². The monoisotopic (exact) mass is 275 g/mol. The van der Waals surface area contributed by atoms with Gasteiger partial charge in [0.15, 0.2) is 5.78 Å². The van der Waals surface area contributed by atoms with E-state index in [9.17, 15) is 4.79 Å². The van der Waals surface area contributed by atoms with Crippen molar-refractivity contribution in [1.29, 1.82) is 0 Å². The van der Waals surface area contributed by atoms with Gasteiger partial charge in [0.1, 0.15) is 0 Å². The lowest BCUT2D eigenvalue weighted by molar-refractivity contribution is 0.0966. The van der Waals surface area contributed by atoms with E-state index in [-0.39, 0.29) is 5.78 Å². The molecule has 1 fully saturated rings. The van der Waals surface area contributed by atoms with Gasteiger partial charge in [0.05, 0.1) is 0 Å². The predicted molar refractivity (Wildman–Crippen MR) is 80.9 cm³/mol. The molecule has 0 radical (unpaired) electrons. The average Bonchev–Trinajstić information content (AvgIpc) is 2.49. The maximum atomic E-state index is 12.0. The number of likely N-dealkylation sites (tertiary alicyclic amines) is 1. The number of hydrogen-bond acceptors (Lipinski definition) is 3. The fourth-order valence-electron chi connectivity index (χ4n) is 3.00. The first-order valence-electron chi connectivity index (χ1n) is 7.71. The summed E-state index contributed by atoms with van der Waals surface area (Å²) in [5, 5.41) is 9.02. The average molecular weight is 275 g/mol. The second kappa shape index (κ2) is 8.18. The van der Waals surface area contributed by atoms with Gasteiger partial charge in [-0.05, 0) is 44.7 Å². The summed E-state index contributed by atoms with van der Waals surface area (Å²) in [6, 6.07) is 9.54. The van der Waals surface area contributed by atoms with E-state index in [2.05, 4.69) is 4.90 Å². The van der Waals surface area contributed by atoms with Gasteiger partial charge in [-0.25, -0.2) is 0 Å². The molecule has 0 saturated carbocycles. The summed E-state index contributed by atoms with van der Waals surface area (Å²) in [6.45, 7) is 3.52. The zero-order chi connectivity index (χ0) is 14.2. The maximum absolute atomic E-state index is 12.0. The molecule has 0 amide bonds. The summed E-state index contributed by atoms with van der Waals surface area (Å²) in [6.07, 6.45) is 4.93. The number of carbonyl (C=O) groups excluding carboxylic acids is 1. The first-order chi connectivity index (χ1) is 9.79. The lowest BCUT2D eigenvalue weighted by atomic mass is 9.95. The summed E-state index contributed by atoms with van der Waals surface area (Å²) < 4.78 is 0. The Bertz CT molecular complexity index is 403. The third kappa shape index (κ3) is 4.73. The number of rotatable bonds is 7. The van der Waals surface area contributed by atoms with Gasteiger partial charge in [-0.15, -0.1) is 0 Å². The van der Waals surface area contributed by atoms with Crippen molar-refractivity contribution in [2.24, 2.45) is 5.92 Å². The minimum Gasteiger partial charge on any atom is -0.396 e. The highest BCUT2D eigenvalue weighted by Gasteiger charge is 2.19. The highest BCUT2D eigenvalue weighted by molar-refractivity contribution is 5.95. The van der Waals surface area contributed by atoms with Gasteiger partial charge in [-0.2, -0.15) is 0 Å². The Kier molecular flexibility index (Phi) is 6.22. The summed E-state index contributed by atoms with van der Waals surface area (Å²) in [4.78, 5) is 14.4. The number of aliphatic hydroxyl groups is 1. The van der Waals surface area contributed by atoms with Crippen molar-refractivity contribution < 1.29 is 9.90 Å². The Balaban J connectivity index is 1.69. The topological polar surface area (TPSA) is 40.5 Å². The predicted octanol–water partition coefficient (Wildman–Crippen LogP) is 2.74. The van der Waals surface area contributed by atoms with Crippen molar-refractivity contribution in [2.45, 2.75) is 32.1 Å². The lowest BCUT2D eigenvalue weighted by Gasteiger charge is -2.32. The minimum absolute atomic E-state index is 0.245. The molecule has 1 aromatic rings. The number of Topliss-reactive ketones (excluding diaryl/α,β-unsaturated/α-hetero) is 1. The summed E-state index contributed by atoms with van der Waals surface area (Å²) >= 11 is 0. The Morgan fingerprint density at radius 2 is 2.10 bits per heavy atom. The molecule has 1 atom stereocenters. The van der Waals surface area contributed by atoms with Crippen LogP contribution in [0, 0.1) is 5.92 Å². The molecule has 1 aliphatic rings. The summed E-state index contributed by atoms with van der Waals surface area (Å²) in [5.41, 5.74) is 0.823. The van der Waals surface area contributed by atoms with E-state index in [0.717, 1.165) is 38.0 Å². The Hall–Kier alpha value is -1.19. The van der Waals surface area contributed by atoms with Gasteiger partial charge < -0.3 is 10.0 Å². The first-order valence-corrected chi connectivity index (χ1v) is 7.71. The smallest absolute Gasteiger partial charge is 0.162 e. The molecule has 1 heterocycles. The van der Waals surface area contributed by atoms with Crippen molar-refractivity contribution >= 4 is 5.78 Å². The molecule has 0 aliphatic carbocycles. The fraction of sp³-hybridized carbons (Fsp3) is 0.588. The number of piperidine rings is 1. The van der Waals surface area contributed by atoms with E-state index < -0.39 is 0 Å². The second-order valence-electron chi connectivity index (χ2n) is 5.71. The zero-order valence-corrected chi connectivity index (χ0v) is 12.1. The van der Waals surface area contributed by atoms with Crippen molar-refractivity contribution in [1.82, 2.24) is 4.90 Å². The number of aliphatic hydroxyl groups excluding tert-OH is 1. The summed E-state index contributed by atoms with van der Waals surface area (Å²) in [7, 11) is 0. The quantitative estimate of drug-likeness (QED) is 0.778. The number of ketones is 1. The van der Waals surface area contributed by atoms with Crippen LogP contribution in [0.15, 0.2) is 30.3 Å². The molecule has 0 spiro atoms. The molecule has 20 heavy (non-hydrogen) atoms. The molecular formula is C17H25NO2. The van der Waals surface area contributed by atoms with Crippen LogP contribution in [0.5, 0.6) is 0 Å². The third-order valence-corrected chi connectivity index (χ3v) is 4.11. The van der Waals surface area contributed by atoms with Crippen LogP contribution in [0.25, 0.3) is 0 Å². The SMILES string of the molecule is O=C(CCCN1CCCC(CCO)C1)c1ccccc1. The largest absolute Gasteiger partial charge is 0.396 e. The van der Waals surface area contributed by atoms with E-state index in [0.29, 0.717) is 18.9 Å². The Morgan fingerprint density at radius 1 is 1.30 bits per heavy atom. The number of hydrogen-bond donors (Lipinski definition) is 1. The summed E-state index contributed by atoms with van der Waals surface area (Å²) in [5.74, 6) is 0.882. The fourth-order valence-corrected chi connectivity index (χ4v) is 3.00. The normalized spacial score (nSPS) is 19.9.